The van der Waals surface area contributed by atoms with Gasteiger partial charge in [0, 0.05) is 22.9 Å². The Morgan fingerprint density at radius 2 is 1.74 bits per heavy atom. The highest BCUT2D eigenvalue weighted by Gasteiger charge is 2.48. The first-order valence-corrected chi connectivity index (χ1v) is 13.1. The molecule has 0 saturated heterocycles. The van der Waals surface area contributed by atoms with Crippen LogP contribution in [0.1, 0.15) is 60.7 Å². The highest BCUT2D eigenvalue weighted by Crippen LogP contribution is 2.49. The van der Waals surface area contributed by atoms with Gasteiger partial charge in [-0.3, -0.25) is 9.59 Å². The summed E-state index contributed by atoms with van der Waals surface area (Å²) in [6, 6.07) is 18.3. The van der Waals surface area contributed by atoms with E-state index in [2.05, 4.69) is 23.6 Å². The molecule has 0 radical (unpaired) electrons. The second kappa shape index (κ2) is 9.23. The zero-order valence-electron chi connectivity index (χ0n) is 20.4. The summed E-state index contributed by atoms with van der Waals surface area (Å²) in [5.41, 5.74) is 2.69. The summed E-state index contributed by atoms with van der Waals surface area (Å²) < 4.78 is 13.7. The van der Waals surface area contributed by atoms with Crippen LogP contribution in [-0.2, 0) is 16.0 Å². The summed E-state index contributed by atoms with van der Waals surface area (Å²) in [6.45, 7) is 6.59. The van der Waals surface area contributed by atoms with Crippen LogP contribution in [0.25, 0.3) is 0 Å². The van der Waals surface area contributed by atoms with Gasteiger partial charge >= 0.3 is 0 Å². The maximum absolute atomic E-state index is 13.8. The van der Waals surface area contributed by atoms with Gasteiger partial charge in [-0.1, -0.05) is 42.5 Å². The van der Waals surface area contributed by atoms with E-state index in [9.17, 15) is 14.0 Å². The van der Waals surface area contributed by atoms with Gasteiger partial charge in [0.25, 0.3) is 0 Å². The van der Waals surface area contributed by atoms with Gasteiger partial charge in [-0.2, -0.15) is 0 Å². The van der Waals surface area contributed by atoms with Crippen molar-refractivity contribution in [3.8, 4) is 0 Å². The lowest BCUT2D eigenvalue weighted by molar-refractivity contribution is -0.146. The Kier molecular flexibility index (Phi) is 6.26. The second-order valence-electron chi connectivity index (χ2n) is 10.5. The third kappa shape index (κ3) is 4.76. The van der Waals surface area contributed by atoms with Crippen molar-refractivity contribution < 1.29 is 14.0 Å². The number of fused-ring (bicyclic) bond motifs is 1. The van der Waals surface area contributed by atoms with Gasteiger partial charge in [0.2, 0.25) is 11.8 Å². The molecule has 3 aromatic rings. The first kappa shape index (κ1) is 23.7. The highest BCUT2D eigenvalue weighted by atomic mass is 32.1. The third-order valence-corrected chi connectivity index (χ3v) is 8.17. The van der Waals surface area contributed by atoms with Crippen LogP contribution in [0.4, 0.5) is 4.39 Å². The molecule has 2 aliphatic rings. The highest BCUT2D eigenvalue weighted by molar-refractivity contribution is 7.10. The zero-order chi connectivity index (χ0) is 24.7. The fraction of sp³-hybridized carbons (Fsp3) is 0.379. The SMILES string of the molecule is CC(C)(C)N(CC(=O)N1CCc2sccc2C1c1ccc(F)cc1)C(=O)C1CC1c1ccccc1. The summed E-state index contributed by atoms with van der Waals surface area (Å²) in [5.74, 6) is -0.182. The molecule has 6 heteroatoms. The van der Waals surface area contributed by atoms with E-state index in [0.717, 1.165) is 24.0 Å². The number of rotatable bonds is 5. The third-order valence-electron chi connectivity index (χ3n) is 7.18. The molecule has 1 aromatic heterocycles. The summed E-state index contributed by atoms with van der Waals surface area (Å²) >= 11 is 1.70. The van der Waals surface area contributed by atoms with E-state index in [4.69, 9.17) is 0 Å². The van der Waals surface area contributed by atoms with Gasteiger partial charge in [0.15, 0.2) is 0 Å². The van der Waals surface area contributed by atoms with Gasteiger partial charge in [-0.25, -0.2) is 4.39 Å². The lowest BCUT2D eigenvalue weighted by atomic mass is 9.93. The molecule has 1 fully saturated rings. The molecule has 0 spiro atoms. The average Bonchev–Trinajstić information content (AvgIpc) is 3.50. The van der Waals surface area contributed by atoms with Crippen LogP contribution in [0, 0.1) is 11.7 Å². The van der Waals surface area contributed by atoms with E-state index < -0.39 is 5.54 Å². The van der Waals surface area contributed by atoms with Crippen molar-refractivity contribution in [3.05, 3.63) is 93.4 Å². The average molecular weight is 491 g/mol. The number of carbonyl (C=O) groups is 2. The minimum Gasteiger partial charge on any atom is -0.330 e. The predicted octanol–water partition coefficient (Wildman–Crippen LogP) is 5.79. The summed E-state index contributed by atoms with van der Waals surface area (Å²) in [4.78, 5) is 32.3. The molecule has 3 atom stereocenters. The van der Waals surface area contributed by atoms with Crippen LogP contribution in [0.2, 0.25) is 0 Å². The number of nitrogens with zero attached hydrogens (tertiary/aromatic N) is 2. The molecule has 3 unspecified atom stereocenters. The Hall–Kier alpha value is -2.99. The lowest BCUT2D eigenvalue weighted by Gasteiger charge is -2.40. The first-order chi connectivity index (χ1) is 16.7. The molecule has 0 N–H and O–H groups in total. The maximum atomic E-state index is 13.8. The number of amides is 2. The Bertz CT molecular complexity index is 1220. The monoisotopic (exact) mass is 490 g/mol. The zero-order valence-corrected chi connectivity index (χ0v) is 21.2. The molecule has 0 bridgehead atoms. The van der Waals surface area contributed by atoms with Crippen molar-refractivity contribution in [2.75, 3.05) is 13.1 Å². The molecule has 2 aromatic carbocycles. The first-order valence-electron chi connectivity index (χ1n) is 12.2. The minimum absolute atomic E-state index is 0.0392. The molecule has 1 saturated carbocycles. The Balaban J connectivity index is 1.38. The van der Waals surface area contributed by atoms with Crippen molar-refractivity contribution in [1.29, 1.82) is 0 Å². The van der Waals surface area contributed by atoms with Crippen LogP contribution in [0.5, 0.6) is 0 Å². The van der Waals surface area contributed by atoms with E-state index in [1.165, 1.54) is 22.6 Å². The molecule has 4 nitrogen and oxygen atoms in total. The maximum Gasteiger partial charge on any atom is 0.243 e. The Morgan fingerprint density at radius 1 is 1.03 bits per heavy atom. The van der Waals surface area contributed by atoms with Gasteiger partial charge in [-0.05, 0) is 79.8 Å². The number of hydrogen-bond donors (Lipinski definition) is 0. The fourth-order valence-electron chi connectivity index (χ4n) is 5.20. The number of thiophene rings is 1. The van der Waals surface area contributed by atoms with Crippen molar-refractivity contribution in [1.82, 2.24) is 9.80 Å². The summed E-state index contributed by atoms with van der Waals surface area (Å²) in [6.07, 6.45) is 1.61. The largest absolute Gasteiger partial charge is 0.330 e. The number of halogens is 1. The van der Waals surface area contributed by atoms with Gasteiger partial charge in [-0.15, -0.1) is 11.3 Å². The normalized spacial score (nSPS) is 21.4. The second-order valence-corrected chi connectivity index (χ2v) is 11.5. The molecule has 35 heavy (non-hydrogen) atoms. The molecular formula is C29H31FN2O2S. The van der Waals surface area contributed by atoms with E-state index in [0.29, 0.717) is 6.54 Å². The van der Waals surface area contributed by atoms with Crippen LogP contribution in [-0.4, -0.2) is 40.2 Å². The predicted molar refractivity (Wildman–Crippen MR) is 137 cm³/mol. The van der Waals surface area contributed by atoms with Crippen molar-refractivity contribution in [3.63, 3.8) is 0 Å². The van der Waals surface area contributed by atoms with E-state index in [-0.39, 0.29) is 42.1 Å². The van der Waals surface area contributed by atoms with Gasteiger partial charge < -0.3 is 9.80 Å². The van der Waals surface area contributed by atoms with Gasteiger partial charge in [0.1, 0.15) is 12.4 Å². The molecule has 1 aliphatic carbocycles. The lowest BCUT2D eigenvalue weighted by Crippen LogP contribution is -2.53. The van der Waals surface area contributed by atoms with Crippen LogP contribution in [0.15, 0.2) is 66.0 Å². The smallest absolute Gasteiger partial charge is 0.243 e. The fourth-order valence-corrected chi connectivity index (χ4v) is 6.10. The van der Waals surface area contributed by atoms with E-state index in [1.54, 1.807) is 28.4 Å². The molecule has 182 valence electrons. The minimum atomic E-state index is -0.481. The standard InChI is InChI=1S/C29H31FN2O2S/c1-29(2,3)32(28(34)24-17-23(24)19-7-5-4-6-8-19)18-26(33)31-15-13-25-22(14-16-35-25)27(31)20-9-11-21(30)12-10-20/h4-12,14,16,23-24,27H,13,15,17-18H2,1-3H3. The molecule has 1 aliphatic heterocycles. The van der Waals surface area contributed by atoms with Crippen LogP contribution >= 0.6 is 11.3 Å². The van der Waals surface area contributed by atoms with Crippen LogP contribution < -0.4 is 0 Å². The molecule has 2 heterocycles. The Labute approximate surface area is 210 Å². The number of benzene rings is 2. The van der Waals surface area contributed by atoms with Crippen molar-refractivity contribution in [2.45, 2.75) is 51.1 Å². The topological polar surface area (TPSA) is 40.6 Å². The summed E-state index contributed by atoms with van der Waals surface area (Å²) in [7, 11) is 0. The van der Waals surface area contributed by atoms with Crippen LogP contribution in [0.3, 0.4) is 0 Å². The summed E-state index contributed by atoms with van der Waals surface area (Å²) in [5, 5.41) is 2.05. The van der Waals surface area contributed by atoms with Crippen molar-refractivity contribution >= 4 is 23.2 Å². The molecular weight excluding hydrogens is 459 g/mol. The number of hydrogen-bond acceptors (Lipinski definition) is 3. The number of carbonyl (C=O) groups excluding carboxylic acids is 2. The van der Waals surface area contributed by atoms with Crippen molar-refractivity contribution in [2.24, 2.45) is 5.92 Å². The Morgan fingerprint density at radius 3 is 2.43 bits per heavy atom. The molecule has 5 rings (SSSR count). The van der Waals surface area contributed by atoms with Gasteiger partial charge in [0.05, 0.1) is 6.04 Å². The van der Waals surface area contributed by atoms with E-state index in [1.807, 2.05) is 43.9 Å². The van der Waals surface area contributed by atoms with E-state index >= 15 is 0 Å². The quantitative estimate of drug-likeness (QED) is 0.454. The molecule has 2 amide bonds.